The average Bonchev–Trinajstić information content (AvgIpc) is 2.73. The Morgan fingerprint density at radius 1 is 1.64 bits per heavy atom. The van der Waals surface area contributed by atoms with Gasteiger partial charge in [0.2, 0.25) is 0 Å². The van der Waals surface area contributed by atoms with Crippen LogP contribution in [-0.2, 0) is 4.74 Å². The van der Waals surface area contributed by atoms with Gasteiger partial charge in [0.1, 0.15) is 0 Å². The van der Waals surface area contributed by atoms with Gasteiger partial charge in [-0.15, -0.1) is 0 Å². The molecule has 2 heterocycles. The van der Waals surface area contributed by atoms with Crippen molar-refractivity contribution in [1.82, 2.24) is 0 Å². The minimum atomic E-state index is -0.395. The van der Waals surface area contributed by atoms with E-state index in [2.05, 4.69) is 15.9 Å². The van der Waals surface area contributed by atoms with Crippen LogP contribution in [0.25, 0.3) is 0 Å². The Kier molecular flexibility index (Phi) is 3.27. The van der Waals surface area contributed by atoms with E-state index < -0.39 is 6.10 Å². The zero-order valence-corrected chi connectivity index (χ0v) is 10.3. The predicted octanol–water partition coefficient (Wildman–Crippen LogP) is 2.97. The third kappa shape index (κ3) is 1.89. The smallest absolute Gasteiger partial charge is 0.0862 e. The second-order valence-electron chi connectivity index (χ2n) is 3.65. The summed E-state index contributed by atoms with van der Waals surface area (Å²) in [6, 6.07) is 0. The van der Waals surface area contributed by atoms with Gasteiger partial charge in [0, 0.05) is 27.9 Å². The molecular weight excluding hydrogens is 264 g/mol. The Bertz CT molecular complexity index is 313. The fourth-order valence-electron chi connectivity index (χ4n) is 1.90. The highest BCUT2D eigenvalue weighted by Crippen LogP contribution is 2.37. The topological polar surface area (TPSA) is 29.5 Å². The Morgan fingerprint density at radius 3 is 2.93 bits per heavy atom. The van der Waals surface area contributed by atoms with Crippen LogP contribution in [0.1, 0.15) is 25.0 Å². The van der Waals surface area contributed by atoms with Gasteiger partial charge in [-0.05, 0) is 34.7 Å². The number of aliphatic hydroxyl groups is 1. The van der Waals surface area contributed by atoms with Crippen LogP contribution in [0.5, 0.6) is 0 Å². The zero-order valence-electron chi connectivity index (χ0n) is 7.94. The van der Waals surface area contributed by atoms with Gasteiger partial charge in [0.05, 0.1) is 12.2 Å². The number of thiophene rings is 1. The van der Waals surface area contributed by atoms with E-state index in [9.17, 15) is 5.11 Å². The third-order valence-corrected chi connectivity index (χ3v) is 4.55. The summed E-state index contributed by atoms with van der Waals surface area (Å²) in [4.78, 5) is 0. The van der Waals surface area contributed by atoms with E-state index in [1.165, 1.54) is 0 Å². The number of ether oxygens (including phenoxy) is 1. The molecule has 3 atom stereocenters. The van der Waals surface area contributed by atoms with Gasteiger partial charge < -0.3 is 9.84 Å². The third-order valence-electron chi connectivity index (χ3n) is 2.80. The Balaban J connectivity index is 2.15. The summed E-state index contributed by atoms with van der Waals surface area (Å²) in [5, 5.41) is 14.2. The first kappa shape index (κ1) is 10.6. The summed E-state index contributed by atoms with van der Waals surface area (Å²) in [7, 11) is 0. The molecule has 0 spiro atoms. The Labute approximate surface area is 96.0 Å². The van der Waals surface area contributed by atoms with Crippen molar-refractivity contribution in [2.24, 2.45) is 5.92 Å². The highest BCUT2D eigenvalue weighted by Gasteiger charge is 2.32. The van der Waals surface area contributed by atoms with Crippen LogP contribution in [0, 0.1) is 5.92 Å². The van der Waals surface area contributed by atoms with Crippen LogP contribution >= 0.6 is 27.3 Å². The minimum absolute atomic E-state index is 0.164. The van der Waals surface area contributed by atoms with E-state index in [0.29, 0.717) is 0 Å². The van der Waals surface area contributed by atoms with E-state index in [-0.39, 0.29) is 12.0 Å². The fourth-order valence-corrected chi connectivity index (χ4v) is 3.46. The summed E-state index contributed by atoms with van der Waals surface area (Å²) in [6.45, 7) is 2.80. The molecule has 1 aliphatic rings. The van der Waals surface area contributed by atoms with E-state index in [0.717, 1.165) is 23.1 Å². The molecular formula is C10H13BrO2S. The maximum absolute atomic E-state index is 10.2. The minimum Gasteiger partial charge on any atom is -0.388 e. The predicted molar refractivity (Wildman–Crippen MR) is 60.5 cm³/mol. The van der Waals surface area contributed by atoms with Crippen LogP contribution in [-0.4, -0.2) is 17.8 Å². The lowest BCUT2D eigenvalue weighted by Gasteiger charge is -2.20. The van der Waals surface area contributed by atoms with Crippen molar-refractivity contribution >= 4 is 27.3 Å². The normalized spacial score (nSPS) is 29.4. The first-order valence-corrected chi connectivity index (χ1v) is 6.45. The monoisotopic (exact) mass is 276 g/mol. The molecule has 0 bridgehead atoms. The highest BCUT2D eigenvalue weighted by molar-refractivity contribution is 9.10. The van der Waals surface area contributed by atoms with Crippen LogP contribution in [0.4, 0.5) is 0 Å². The van der Waals surface area contributed by atoms with Crippen molar-refractivity contribution in [3.8, 4) is 0 Å². The van der Waals surface area contributed by atoms with Crippen molar-refractivity contribution in [2.45, 2.75) is 25.6 Å². The molecule has 4 heteroatoms. The molecule has 1 aromatic rings. The van der Waals surface area contributed by atoms with Crippen molar-refractivity contribution < 1.29 is 9.84 Å². The van der Waals surface area contributed by atoms with E-state index >= 15 is 0 Å². The molecule has 1 aromatic heterocycles. The van der Waals surface area contributed by atoms with Crippen molar-refractivity contribution in [3.63, 3.8) is 0 Å². The number of halogens is 1. The van der Waals surface area contributed by atoms with Gasteiger partial charge in [-0.2, -0.15) is 11.3 Å². The average molecular weight is 277 g/mol. The van der Waals surface area contributed by atoms with Crippen LogP contribution in [0.15, 0.2) is 15.2 Å². The Morgan fingerprint density at radius 2 is 2.43 bits per heavy atom. The second kappa shape index (κ2) is 4.31. The second-order valence-corrected chi connectivity index (χ2v) is 5.25. The summed E-state index contributed by atoms with van der Waals surface area (Å²) in [6.07, 6.45) is 0.717. The zero-order chi connectivity index (χ0) is 10.1. The first-order valence-electron chi connectivity index (χ1n) is 4.71. The van der Waals surface area contributed by atoms with Gasteiger partial charge in [-0.25, -0.2) is 0 Å². The molecule has 14 heavy (non-hydrogen) atoms. The lowest BCUT2D eigenvalue weighted by molar-refractivity contribution is 0.0430. The largest absolute Gasteiger partial charge is 0.388 e. The molecule has 3 unspecified atom stereocenters. The van der Waals surface area contributed by atoms with Crippen molar-refractivity contribution in [2.75, 3.05) is 6.61 Å². The SMILES string of the molecule is CC1OCCC1C(O)c1cscc1Br. The quantitative estimate of drug-likeness (QED) is 0.900. The van der Waals surface area contributed by atoms with Gasteiger partial charge in [-0.1, -0.05) is 0 Å². The Hall–Kier alpha value is 0.100. The van der Waals surface area contributed by atoms with Gasteiger partial charge in [-0.3, -0.25) is 0 Å². The molecule has 0 radical (unpaired) electrons. The van der Waals surface area contributed by atoms with E-state index in [4.69, 9.17) is 4.74 Å². The number of hydrogen-bond donors (Lipinski definition) is 1. The molecule has 0 saturated carbocycles. The maximum atomic E-state index is 10.2. The summed E-state index contributed by atoms with van der Waals surface area (Å²) < 4.78 is 6.46. The molecule has 1 saturated heterocycles. The summed E-state index contributed by atoms with van der Waals surface area (Å²) in [5.74, 6) is 0.237. The molecule has 1 N–H and O–H groups in total. The highest BCUT2D eigenvalue weighted by atomic mass is 79.9. The molecule has 0 aromatic carbocycles. The number of aliphatic hydroxyl groups excluding tert-OH is 1. The van der Waals surface area contributed by atoms with Crippen molar-refractivity contribution in [1.29, 1.82) is 0 Å². The molecule has 2 nitrogen and oxygen atoms in total. The molecule has 1 fully saturated rings. The van der Waals surface area contributed by atoms with E-state index in [1.807, 2.05) is 17.7 Å². The molecule has 1 aliphatic heterocycles. The lowest BCUT2D eigenvalue weighted by atomic mass is 9.92. The molecule has 78 valence electrons. The van der Waals surface area contributed by atoms with E-state index in [1.54, 1.807) is 11.3 Å². The molecule has 2 rings (SSSR count). The number of hydrogen-bond acceptors (Lipinski definition) is 3. The fraction of sp³-hybridized carbons (Fsp3) is 0.600. The van der Waals surface area contributed by atoms with Crippen LogP contribution in [0.2, 0.25) is 0 Å². The van der Waals surface area contributed by atoms with Gasteiger partial charge in [0.15, 0.2) is 0 Å². The summed E-state index contributed by atoms with van der Waals surface area (Å²) >= 11 is 5.05. The summed E-state index contributed by atoms with van der Waals surface area (Å²) in [5.41, 5.74) is 0.998. The maximum Gasteiger partial charge on any atom is 0.0862 e. The van der Waals surface area contributed by atoms with Gasteiger partial charge in [0.25, 0.3) is 0 Å². The molecule has 0 amide bonds. The number of rotatable bonds is 2. The van der Waals surface area contributed by atoms with Gasteiger partial charge >= 0.3 is 0 Å². The first-order chi connectivity index (χ1) is 6.70. The standard InChI is InChI=1S/C10H13BrO2S/c1-6-7(2-3-13-6)10(12)8-4-14-5-9(8)11/h4-7,10,12H,2-3H2,1H3. The van der Waals surface area contributed by atoms with Crippen molar-refractivity contribution in [3.05, 3.63) is 20.8 Å². The molecule has 0 aliphatic carbocycles. The van der Waals surface area contributed by atoms with Crippen LogP contribution < -0.4 is 0 Å². The van der Waals surface area contributed by atoms with Crippen LogP contribution in [0.3, 0.4) is 0 Å². The lowest BCUT2D eigenvalue weighted by Crippen LogP contribution is -2.19.